The summed E-state index contributed by atoms with van der Waals surface area (Å²) < 4.78 is 55.8. The van der Waals surface area contributed by atoms with Crippen molar-refractivity contribution in [2.75, 3.05) is 18.4 Å². The highest BCUT2D eigenvalue weighted by Gasteiger charge is 2.34. The van der Waals surface area contributed by atoms with Crippen molar-refractivity contribution < 1.29 is 21.2 Å². The summed E-state index contributed by atoms with van der Waals surface area (Å²) in [6.45, 7) is 11.1. The standard InChI is InChI=1S/C14H23N3O2S.C9H19N.C5H5FN2O2S/c1-14(2)9-4-5-11(14)8-10-16-12-6-3-7-13(17-12)20(15,18)19;1-9(2)6-3-4-8(9)5-7-10;6-4-2-1-3-5(8-4)11(7,9)10/h3,6-7,11H,4-5,8-10H2,1-2H3,(H,16,17)(H2,15,18,19);8H,3-7,10H2,1-2H3;1-3H,(H2,7,9,10). The Bertz CT molecular complexity index is 1340. The van der Waals surface area contributed by atoms with Crippen molar-refractivity contribution in [3.8, 4) is 0 Å². The van der Waals surface area contributed by atoms with E-state index in [2.05, 4.69) is 48.1 Å². The summed E-state index contributed by atoms with van der Waals surface area (Å²) in [7, 11) is -7.61. The fraction of sp³-hybridized carbons (Fsp3) is 0.643. The molecular formula is C28H47FN6O4S2. The highest BCUT2D eigenvalue weighted by atomic mass is 32.2. The number of hydrogen-bond donors (Lipinski definition) is 4. The maximum absolute atomic E-state index is 12.3. The average molecular weight is 615 g/mol. The minimum Gasteiger partial charge on any atom is -0.370 e. The van der Waals surface area contributed by atoms with Gasteiger partial charge in [0.1, 0.15) is 5.82 Å². The van der Waals surface area contributed by atoms with Gasteiger partial charge in [-0.05, 0) is 92.0 Å². The van der Waals surface area contributed by atoms with Gasteiger partial charge in [-0.2, -0.15) is 4.39 Å². The molecule has 0 aromatic carbocycles. The molecule has 2 aromatic heterocycles. The number of sulfonamides is 2. The van der Waals surface area contributed by atoms with Gasteiger partial charge in [0, 0.05) is 6.54 Å². The van der Waals surface area contributed by atoms with Crippen molar-refractivity contribution in [3.63, 3.8) is 0 Å². The molecule has 232 valence electrons. The summed E-state index contributed by atoms with van der Waals surface area (Å²) in [5, 5.41) is 12.4. The molecule has 4 rings (SSSR count). The Morgan fingerprint density at radius 3 is 1.73 bits per heavy atom. The predicted octanol–water partition coefficient (Wildman–Crippen LogP) is 4.39. The van der Waals surface area contributed by atoms with E-state index in [-0.39, 0.29) is 5.03 Å². The van der Waals surface area contributed by atoms with Crippen LogP contribution in [-0.4, -0.2) is 39.9 Å². The van der Waals surface area contributed by atoms with Gasteiger partial charge in [-0.1, -0.05) is 52.7 Å². The zero-order valence-corrected chi connectivity index (χ0v) is 26.3. The van der Waals surface area contributed by atoms with Crippen LogP contribution < -0.4 is 21.3 Å². The van der Waals surface area contributed by atoms with E-state index in [0.29, 0.717) is 16.6 Å². The lowest BCUT2D eigenvalue weighted by Crippen LogP contribution is -2.20. The Labute approximate surface area is 245 Å². The van der Waals surface area contributed by atoms with Gasteiger partial charge in [0.05, 0.1) is 0 Å². The first kappa shape index (κ1) is 35.0. The summed E-state index contributed by atoms with van der Waals surface area (Å²) >= 11 is 0. The average Bonchev–Trinajstić information content (AvgIpc) is 3.39. The van der Waals surface area contributed by atoms with Crippen LogP contribution in [0.15, 0.2) is 46.5 Å². The Kier molecular flexibility index (Phi) is 12.6. The molecule has 2 aliphatic carbocycles. The topological polar surface area (TPSA) is 184 Å². The van der Waals surface area contributed by atoms with E-state index in [9.17, 15) is 21.2 Å². The Morgan fingerprint density at radius 1 is 0.829 bits per heavy atom. The molecule has 7 N–H and O–H groups in total. The van der Waals surface area contributed by atoms with E-state index in [1.54, 1.807) is 12.1 Å². The van der Waals surface area contributed by atoms with Crippen molar-refractivity contribution in [1.82, 2.24) is 9.97 Å². The van der Waals surface area contributed by atoms with Crippen molar-refractivity contribution in [2.24, 2.45) is 38.7 Å². The molecule has 2 aliphatic rings. The normalized spacial score (nSPS) is 21.3. The van der Waals surface area contributed by atoms with Crippen LogP contribution in [0.5, 0.6) is 0 Å². The van der Waals surface area contributed by atoms with Crippen LogP contribution in [-0.2, 0) is 20.0 Å². The number of nitrogens with two attached hydrogens (primary N) is 3. The van der Waals surface area contributed by atoms with Gasteiger partial charge in [0.2, 0.25) is 5.95 Å². The number of rotatable bonds is 8. The van der Waals surface area contributed by atoms with Crippen LogP contribution in [0.3, 0.4) is 0 Å². The van der Waals surface area contributed by atoms with E-state index in [1.165, 1.54) is 57.1 Å². The maximum Gasteiger partial charge on any atom is 0.255 e. The van der Waals surface area contributed by atoms with E-state index in [0.717, 1.165) is 43.5 Å². The molecule has 2 atom stereocenters. The Balaban J connectivity index is 0.000000236. The lowest BCUT2D eigenvalue weighted by Gasteiger charge is -2.27. The van der Waals surface area contributed by atoms with Gasteiger partial charge in [-0.15, -0.1) is 0 Å². The van der Waals surface area contributed by atoms with Crippen LogP contribution in [0.25, 0.3) is 0 Å². The Morgan fingerprint density at radius 2 is 1.32 bits per heavy atom. The van der Waals surface area contributed by atoms with Gasteiger partial charge in [-0.3, -0.25) is 0 Å². The van der Waals surface area contributed by atoms with Crippen molar-refractivity contribution >= 4 is 25.9 Å². The molecule has 0 bridgehead atoms. The maximum atomic E-state index is 12.3. The molecule has 0 amide bonds. The number of aromatic nitrogens is 2. The van der Waals surface area contributed by atoms with Crippen molar-refractivity contribution in [2.45, 2.75) is 89.1 Å². The lowest BCUT2D eigenvalue weighted by atomic mass is 9.80. The summed E-state index contributed by atoms with van der Waals surface area (Å²) in [5.41, 5.74) is 6.53. The second kappa shape index (κ2) is 14.8. The highest BCUT2D eigenvalue weighted by Crippen LogP contribution is 2.44. The summed E-state index contributed by atoms with van der Waals surface area (Å²) in [6.07, 6.45) is 10.4. The van der Waals surface area contributed by atoms with Crippen LogP contribution in [0.1, 0.15) is 79.1 Å². The number of hydrogen-bond acceptors (Lipinski definition) is 8. The van der Waals surface area contributed by atoms with Crippen LogP contribution in [0, 0.1) is 28.6 Å². The van der Waals surface area contributed by atoms with Crippen LogP contribution in [0.4, 0.5) is 10.2 Å². The molecule has 2 heterocycles. The fourth-order valence-corrected chi connectivity index (χ4v) is 6.64. The monoisotopic (exact) mass is 614 g/mol. The minimum absolute atomic E-state index is 0.0938. The number of halogens is 1. The molecule has 41 heavy (non-hydrogen) atoms. The van der Waals surface area contributed by atoms with E-state index >= 15 is 0 Å². The third kappa shape index (κ3) is 11.5. The lowest BCUT2D eigenvalue weighted by molar-refractivity contribution is 0.249. The van der Waals surface area contributed by atoms with Gasteiger partial charge in [-0.25, -0.2) is 37.1 Å². The number of primary sulfonamides is 2. The zero-order valence-electron chi connectivity index (χ0n) is 24.6. The number of pyridine rings is 2. The third-order valence-corrected chi connectivity index (χ3v) is 9.89. The molecule has 2 unspecified atom stereocenters. The third-order valence-electron chi connectivity index (χ3n) is 8.27. The first-order chi connectivity index (χ1) is 19.0. The molecule has 0 radical (unpaired) electrons. The van der Waals surface area contributed by atoms with Crippen LogP contribution in [0.2, 0.25) is 0 Å². The van der Waals surface area contributed by atoms with Crippen LogP contribution >= 0.6 is 0 Å². The Hall–Kier alpha value is -2.19. The minimum atomic E-state index is -3.88. The summed E-state index contributed by atoms with van der Waals surface area (Å²) in [5.74, 6) is 1.32. The molecule has 0 aliphatic heterocycles. The quantitative estimate of drug-likeness (QED) is 0.316. The molecule has 10 nitrogen and oxygen atoms in total. The SMILES string of the molecule is CC1(C)CCCC1CCN.CC1(C)CCCC1CCNc1cccc(S(N)(=O)=O)n1.NS(=O)(=O)c1cccc(F)n1. The molecular weight excluding hydrogens is 567 g/mol. The molecule has 0 spiro atoms. The van der Waals surface area contributed by atoms with Gasteiger partial charge >= 0.3 is 0 Å². The second-order valence-electron chi connectivity index (χ2n) is 12.2. The number of nitrogens with zero attached hydrogens (tertiary/aromatic N) is 2. The second-order valence-corrected chi connectivity index (χ2v) is 15.2. The molecule has 13 heteroatoms. The largest absolute Gasteiger partial charge is 0.370 e. The highest BCUT2D eigenvalue weighted by molar-refractivity contribution is 7.89. The molecule has 2 saturated carbocycles. The van der Waals surface area contributed by atoms with Crippen molar-refractivity contribution in [3.05, 3.63) is 42.3 Å². The van der Waals surface area contributed by atoms with E-state index in [4.69, 9.17) is 10.9 Å². The van der Waals surface area contributed by atoms with Gasteiger partial charge in [0.15, 0.2) is 10.1 Å². The first-order valence-electron chi connectivity index (χ1n) is 14.0. The zero-order chi connectivity index (χ0) is 30.9. The first-order valence-corrected chi connectivity index (χ1v) is 17.1. The fourth-order valence-electron chi connectivity index (χ4n) is 5.66. The van der Waals surface area contributed by atoms with Gasteiger partial charge < -0.3 is 11.1 Å². The van der Waals surface area contributed by atoms with Crippen molar-refractivity contribution in [1.29, 1.82) is 0 Å². The number of nitrogens with one attached hydrogen (secondary N) is 1. The molecule has 2 fully saturated rings. The van der Waals surface area contributed by atoms with Gasteiger partial charge in [0.25, 0.3) is 20.0 Å². The number of anilines is 1. The summed E-state index contributed by atoms with van der Waals surface area (Å²) in [6, 6.07) is 8.19. The summed E-state index contributed by atoms with van der Waals surface area (Å²) in [4.78, 5) is 7.09. The smallest absolute Gasteiger partial charge is 0.255 e. The molecule has 0 saturated heterocycles. The molecule has 2 aromatic rings. The van der Waals surface area contributed by atoms with E-state index in [1.807, 2.05) is 0 Å². The van der Waals surface area contributed by atoms with E-state index < -0.39 is 31.0 Å². The predicted molar refractivity (Wildman–Crippen MR) is 160 cm³/mol.